The summed E-state index contributed by atoms with van der Waals surface area (Å²) in [7, 11) is 1.66. The second-order valence-corrected chi connectivity index (χ2v) is 6.80. The van der Waals surface area contributed by atoms with Crippen molar-refractivity contribution < 1.29 is 13.9 Å². The number of carbonyl (C=O) groups is 1. The number of amides is 1. The van der Waals surface area contributed by atoms with Crippen LogP contribution in [0.4, 0.5) is 0 Å². The molecule has 1 atom stereocenters. The first-order valence-corrected chi connectivity index (χ1v) is 9.15. The van der Waals surface area contributed by atoms with Crippen LogP contribution in [-0.2, 0) is 6.42 Å². The molecule has 5 heteroatoms. The van der Waals surface area contributed by atoms with Gasteiger partial charge in [0.1, 0.15) is 11.5 Å². The molecule has 0 bridgehead atoms. The molecule has 5 nitrogen and oxygen atoms in total. The molecule has 0 radical (unpaired) electrons. The molecule has 27 heavy (non-hydrogen) atoms. The third kappa shape index (κ3) is 3.87. The van der Waals surface area contributed by atoms with Crippen LogP contribution >= 0.6 is 0 Å². The summed E-state index contributed by atoms with van der Waals surface area (Å²) in [6, 6.07) is 17.3. The van der Waals surface area contributed by atoms with E-state index in [-0.39, 0.29) is 11.8 Å². The summed E-state index contributed by atoms with van der Waals surface area (Å²) >= 11 is 0. The Hall–Kier alpha value is -3.08. The van der Waals surface area contributed by atoms with Gasteiger partial charge in [-0.05, 0) is 36.2 Å². The monoisotopic (exact) mass is 362 g/mol. The largest absolute Gasteiger partial charge is 0.497 e. The molecule has 0 aliphatic carbocycles. The van der Waals surface area contributed by atoms with Crippen molar-refractivity contribution in [3.63, 3.8) is 0 Å². The van der Waals surface area contributed by atoms with Crippen LogP contribution in [0.1, 0.15) is 39.9 Å². The van der Waals surface area contributed by atoms with E-state index in [1.807, 2.05) is 59.5 Å². The van der Waals surface area contributed by atoms with Gasteiger partial charge in [-0.2, -0.15) is 0 Å². The van der Waals surface area contributed by atoms with Gasteiger partial charge in [-0.25, -0.2) is 4.98 Å². The molecular weight excluding hydrogens is 340 g/mol. The first-order chi connectivity index (χ1) is 13.2. The van der Waals surface area contributed by atoms with Crippen molar-refractivity contribution in [2.45, 2.75) is 18.8 Å². The highest BCUT2D eigenvalue weighted by atomic mass is 16.5. The Labute approximate surface area is 158 Å². The van der Waals surface area contributed by atoms with Crippen molar-refractivity contribution in [3.05, 3.63) is 83.6 Å². The fourth-order valence-electron chi connectivity index (χ4n) is 3.49. The number of rotatable bonds is 5. The maximum Gasteiger partial charge on any atom is 0.253 e. The van der Waals surface area contributed by atoms with Crippen molar-refractivity contribution >= 4 is 5.91 Å². The van der Waals surface area contributed by atoms with Gasteiger partial charge in [0.2, 0.25) is 0 Å². The smallest absolute Gasteiger partial charge is 0.253 e. The van der Waals surface area contributed by atoms with Crippen molar-refractivity contribution in [2.75, 3.05) is 20.2 Å². The number of benzene rings is 2. The van der Waals surface area contributed by atoms with Crippen LogP contribution in [0.15, 0.2) is 65.2 Å². The Bertz CT molecular complexity index is 920. The standard InChI is InChI=1S/C22H22N2O3/c1-26-19-9-5-6-16(12-19)13-20-14-23-21(27-20)18-10-11-24(15-18)22(25)17-7-3-2-4-8-17/h2-9,12,14,18H,10-11,13,15H2,1H3/t18-/m1/s1. The minimum absolute atomic E-state index is 0.0706. The summed E-state index contributed by atoms with van der Waals surface area (Å²) in [6.07, 6.45) is 3.33. The van der Waals surface area contributed by atoms with Gasteiger partial charge >= 0.3 is 0 Å². The summed E-state index contributed by atoms with van der Waals surface area (Å²) in [5.74, 6) is 2.60. The van der Waals surface area contributed by atoms with Crippen LogP contribution < -0.4 is 4.74 Å². The fourth-order valence-corrected chi connectivity index (χ4v) is 3.49. The molecule has 0 spiro atoms. The first-order valence-electron chi connectivity index (χ1n) is 9.15. The van der Waals surface area contributed by atoms with Crippen molar-refractivity contribution in [2.24, 2.45) is 0 Å². The summed E-state index contributed by atoms with van der Waals surface area (Å²) in [5, 5.41) is 0. The highest BCUT2D eigenvalue weighted by Crippen LogP contribution is 2.28. The van der Waals surface area contributed by atoms with Gasteiger partial charge in [0.05, 0.1) is 19.2 Å². The zero-order chi connectivity index (χ0) is 18.6. The van der Waals surface area contributed by atoms with E-state index in [1.165, 1.54) is 0 Å². The summed E-state index contributed by atoms with van der Waals surface area (Å²) < 4.78 is 11.3. The van der Waals surface area contributed by atoms with Crippen LogP contribution in [0.5, 0.6) is 5.75 Å². The van der Waals surface area contributed by atoms with E-state index < -0.39 is 0 Å². The Morgan fingerprint density at radius 3 is 2.89 bits per heavy atom. The maximum atomic E-state index is 12.6. The van der Waals surface area contributed by atoms with Crippen LogP contribution in [0, 0.1) is 0 Å². The van der Waals surface area contributed by atoms with Crippen molar-refractivity contribution in [1.29, 1.82) is 0 Å². The zero-order valence-corrected chi connectivity index (χ0v) is 15.3. The highest BCUT2D eigenvalue weighted by Gasteiger charge is 2.30. The van der Waals surface area contributed by atoms with Crippen molar-refractivity contribution in [3.8, 4) is 5.75 Å². The van der Waals surface area contributed by atoms with Crippen LogP contribution in [0.2, 0.25) is 0 Å². The molecule has 1 amide bonds. The average Bonchev–Trinajstić information content (AvgIpc) is 3.38. The molecule has 4 rings (SSSR count). The lowest BCUT2D eigenvalue weighted by molar-refractivity contribution is 0.0790. The molecule has 1 fully saturated rings. The summed E-state index contributed by atoms with van der Waals surface area (Å²) in [4.78, 5) is 18.9. The molecule has 0 N–H and O–H groups in total. The van der Waals surface area contributed by atoms with Gasteiger partial charge in [-0.1, -0.05) is 30.3 Å². The van der Waals surface area contributed by atoms with Gasteiger partial charge < -0.3 is 14.1 Å². The molecule has 0 saturated carbocycles. The van der Waals surface area contributed by atoms with Gasteiger partial charge in [-0.15, -0.1) is 0 Å². The normalized spacial score (nSPS) is 16.5. The average molecular weight is 362 g/mol. The summed E-state index contributed by atoms with van der Waals surface area (Å²) in [6.45, 7) is 1.37. The Morgan fingerprint density at radius 1 is 1.22 bits per heavy atom. The number of carbonyl (C=O) groups excluding carboxylic acids is 1. The molecular formula is C22H22N2O3. The lowest BCUT2D eigenvalue weighted by Crippen LogP contribution is -2.28. The van der Waals surface area contributed by atoms with Gasteiger partial charge in [0, 0.05) is 25.1 Å². The van der Waals surface area contributed by atoms with E-state index in [4.69, 9.17) is 9.15 Å². The lowest BCUT2D eigenvalue weighted by Gasteiger charge is -2.15. The van der Waals surface area contributed by atoms with E-state index in [1.54, 1.807) is 13.3 Å². The van der Waals surface area contributed by atoms with Gasteiger partial charge in [0.25, 0.3) is 5.91 Å². The predicted octanol–water partition coefficient (Wildman–Crippen LogP) is 3.90. The van der Waals surface area contributed by atoms with Crippen molar-refractivity contribution in [1.82, 2.24) is 9.88 Å². The second kappa shape index (κ2) is 7.66. The molecule has 0 unspecified atom stereocenters. The number of likely N-dealkylation sites (tertiary alicyclic amines) is 1. The molecule has 3 aromatic rings. The lowest BCUT2D eigenvalue weighted by atomic mass is 10.1. The maximum absolute atomic E-state index is 12.6. The van der Waals surface area contributed by atoms with E-state index in [0.717, 1.165) is 41.5 Å². The number of aromatic nitrogens is 1. The molecule has 138 valence electrons. The molecule has 2 aromatic carbocycles. The number of methoxy groups -OCH3 is 1. The highest BCUT2D eigenvalue weighted by molar-refractivity contribution is 5.94. The molecule has 1 aliphatic heterocycles. The number of oxazole rings is 1. The Kier molecular flexibility index (Phi) is 4.92. The van der Waals surface area contributed by atoms with Crippen LogP contribution in [-0.4, -0.2) is 36.0 Å². The summed E-state index contributed by atoms with van der Waals surface area (Å²) in [5.41, 5.74) is 1.84. The SMILES string of the molecule is COc1cccc(Cc2cnc([C@@H]3CCN(C(=O)c4ccccc4)C3)o2)c1. The Balaban J connectivity index is 1.41. The van der Waals surface area contributed by atoms with Crippen LogP contribution in [0.25, 0.3) is 0 Å². The third-order valence-corrected chi connectivity index (χ3v) is 4.93. The Morgan fingerprint density at radius 2 is 2.07 bits per heavy atom. The molecule has 1 saturated heterocycles. The third-order valence-electron chi connectivity index (χ3n) is 4.93. The van der Waals surface area contributed by atoms with E-state index >= 15 is 0 Å². The van der Waals surface area contributed by atoms with E-state index in [0.29, 0.717) is 13.0 Å². The van der Waals surface area contributed by atoms with E-state index in [2.05, 4.69) is 4.98 Å². The molecule has 1 aliphatic rings. The number of hydrogen-bond acceptors (Lipinski definition) is 4. The topological polar surface area (TPSA) is 55.6 Å². The number of ether oxygens (including phenoxy) is 1. The molecule has 1 aromatic heterocycles. The first kappa shape index (κ1) is 17.3. The number of hydrogen-bond donors (Lipinski definition) is 0. The minimum Gasteiger partial charge on any atom is -0.497 e. The second-order valence-electron chi connectivity index (χ2n) is 6.80. The van der Waals surface area contributed by atoms with Gasteiger partial charge in [0.15, 0.2) is 5.89 Å². The zero-order valence-electron chi connectivity index (χ0n) is 15.3. The van der Waals surface area contributed by atoms with Crippen LogP contribution in [0.3, 0.4) is 0 Å². The fraction of sp³-hybridized carbons (Fsp3) is 0.273. The van der Waals surface area contributed by atoms with E-state index in [9.17, 15) is 4.79 Å². The molecule has 2 heterocycles. The predicted molar refractivity (Wildman–Crippen MR) is 102 cm³/mol. The number of nitrogens with zero attached hydrogens (tertiary/aromatic N) is 2. The van der Waals surface area contributed by atoms with Gasteiger partial charge in [-0.3, -0.25) is 4.79 Å². The minimum atomic E-state index is 0.0706. The quantitative estimate of drug-likeness (QED) is 0.691.